The molecule has 2 fully saturated rings. The predicted octanol–water partition coefficient (Wildman–Crippen LogP) is 2.75. The van der Waals surface area contributed by atoms with E-state index in [1.165, 1.54) is 32.1 Å². The first-order valence-electron chi connectivity index (χ1n) is 6.92. The van der Waals surface area contributed by atoms with E-state index >= 15 is 0 Å². The lowest BCUT2D eigenvalue weighted by Crippen LogP contribution is -2.43. The standard InChI is InChI=1S/C14H23N3/c1-11(14(2)6-7-14)16-12-4-3-5-13(12)17-9-8-15-10-17/h8-13,16H,3-7H2,1-2H3. The molecule has 0 radical (unpaired) electrons. The van der Waals surface area contributed by atoms with Gasteiger partial charge in [-0.25, -0.2) is 4.98 Å². The monoisotopic (exact) mass is 233 g/mol. The summed E-state index contributed by atoms with van der Waals surface area (Å²) < 4.78 is 2.28. The molecule has 94 valence electrons. The summed E-state index contributed by atoms with van der Waals surface area (Å²) in [4.78, 5) is 4.18. The van der Waals surface area contributed by atoms with E-state index in [-0.39, 0.29) is 0 Å². The lowest BCUT2D eigenvalue weighted by Gasteiger charge is -2.29. The van der Waals surface area contributed by atoms with E-state index in [9.17, 15) is 0 Å². The first-order chi connectivity index (χ1) is 8.19. The van der Waals surface area contributed by atoms with Gasteiger partial charge in [-0.1, -0.05) is 6.92 Å². The van der Waals surface area contributed by atoms with Crippen LogP contribution in [-0.4, -0.2) is 21.6 Å². The van der Waals surface area contributed by atoms with Gasteiger partial charge in [0, 0.05) is 30.5 Å². The van der Waals surface area contributed by atoms with Crippen molar-refractivity contribution in [3.8, 4) is 0 Å². The van der Waals surface area contributed by atoms with Gasteiger partial charge in [-0.2, -0.15) is 0 Å². The summed E-state index contributed by atoms with van der Waals surface area (Å²) in [6.07, 6.45) is 12.7. The van der Waals surface area contributed by atoms with E-state index in [1.54, 1.807) is 0 Å². The van der Waals surface area contributed by atoms with Crippen LogP contribution in [0, 0.1) is 5.41 Å². The fraction of sp³-hybridized carbons (Fsp3) is 0.786. The van der Waals surface area contributed by atoms with Gasteiger partial charge < -0.3 is 9.88 Å². The summed E-state index contributed by atoms with van der Waals surface area (Å²) in [5, 5.41) is 3.87. The van der Waals surface area contributed by atoms with Gasteiger partial charge in [-0.3, -0.25) is 0 Å². The molecule has 3 unspecified atom stereocenters. The minimum Gasteiger partial charge on any atom is -0.333 e. The lowest BCUT2D eigenvalue weighted by atomic mass is 9.99. The number of hydrogen-bond acceptors (Lipinski definition) is 2. The van der Waals surface area contributed by atoms with Crippen molar-refractivity contribution in [1.82, 2.24) is 14.9 Å². The second-order valence-corrected chi connectivity index (χ2v) is 6.16. The molecule has 2 saturated carbocycles. The maximum absolute atomic E-state index is 4.18. The molecule has 2 aliphatic carbocycles. The average molecular weight is 233 g/mol. The number of aromatic nitrogens is 2. The topological polar surface area (TPSA) is 29.9 Å². The van der Waals surface area contributed by atoms with Crippen molar-refractivity contribution in [3.05, 3.63) is 18.7 Å². The zero-order valence-corrected chi connectivity index (χ0v) is 10.9. The van der Waals surface area contributed by atoms with Crippen molar-refractivity contribution < 1.29 is 0 Å². The number of nitrogens with one attached hydrogen (secondary N) is 1. The van der Waals surface area contributed by atoms with E-state index in [1.807, 2.05) is 12.5 Å². The third kappa shape index (κ3) is 2.13. The quantitative estimate of drug-likeness (QED) is 0.866. The second kappa shape index (κ2) is 4.13. The van der Waals surface area contributed by atoms with Crippen LogP contribution in [0.15, 0.2) is 18.7 Å². The lowest BCUT2D eigenvalue weighted by molar-refractivity contribution is 0.298. The SMILES string of the molecule is CC(NC1CCCC1n1ccnc1)C1(C)CC1. The highest BCUT2D eigenvalue weighted by atomic mass is 15.1. The molecular formula is C14H23N3. The van der Waals surface area contributed by atoms with Gasteiger partial charge in [0.25, 0.3) is 0 Å². The van der Waals surface area contributed by atoms with E-state index in [0.29, 0.717) is 23.5 Å². The summed E-state index contributed by atoms with van der Waals surface area (Å²) in [7, 11) is 0. The average Bonchev–Trinajstić information content (AvgIpc) is 2.76. The van der Waals surface area contributed by atoms with Crippen LogP contribution in [0.2, 0.25) is 0 Å². The minimum absolute atomic E-state index is 0.572. The summed E-state index contributed by atoms with van der Waals surface area (Å²) in [6.45, 7) is 4.77. The van der Waals surface area contributed by atoms with Crippen LogP contribution < -0.4 is 5.32 Å². The van der Waals surface area contributed by atoms with E-state index in [2.05, 4.69) is 34.9 Å². The van der Waals surface area contributed by atoms with Crippen LogP contribution in [-0.2, 0) is 0 Å². The van der Waals surface area contributed by atoms with Crippen molar-refractivity contribution in [3.63, 3.8) is 0 Å². The van der Waals surface area contributed by atoms with Crippen molar-refractivity contribution >= 4 is 0 Å². The fourth-order valence-corrected chi connectivity index (χ4v) is 3.11. The van der Waals surface area contributed by atoms with Crippen LogP contribution in [0.3, 0.4) is 0 Å². The summed E-state index contributed by atoms with van der Waals surface area (Å²) in [5.74, 6) is 0. The zero-order valence-electron chi connectivity index (χ0n) is 10.9. The van der Waals surface area contributed by atoms with Crippen molar-refractivity contribution in [2.45, 2.75) is 64.1 Å². The molecule has 3 nitrogen and oxygen atoms in total. The molecule has 1 aromatic heterocycles. The van der Waals surface area contributed by atoms with E-state index in [4.69, 9.17) is 0 Å². The summed E-state index contributed by atoms with van der Waals surface area (Å²) >= 11 is 0. The Morgan fingerprint density at radius 1 is 1.41 bits per heavy atom. The van der Waals surface area contributed by atoms with Gasteiger partial charge in [0.1, 0.15) is 0 Å². The molecule has 0 amide bonds. The Morgan fingerprint density at radius 3 is 2.88 bits per heavy atom. The predicted molar refractivity (Wildman–Crippen MR) is 68.8 cm³/mol. The number of hydrogen-bond donors (Lipinski definition) is 1. The van der Waals surface area contributed by atoms with Crippen LogP contribution in [0.5, 0.6) is 0 Å². The second-order valence-electron chi connectivity index (χ2n) is 6.16. The van der Waals surface area contributed by atoms with E-state index in [0.717, 1.165) is 0 Å². The van der Waals surface area contributed by atoms with Gasteiger partial charge >= 0.3 is 0 Å². The molecule has 17 heavy (non-hydrogen) atoms. The first-order valence-corrected chi connectivity index (χ1v) is 6.92. The Hall–Kier alpha value is -0.830. The van der Waals surface area contributed by atoms with Gasteiger partial charge in [0.05, 0.1) is 6.33 Å². The number of rotatable bonds is 4. The first kappa shape index (κ1) is 11.3. The van der Waals surface area contributed by atoms with Crippen molar-refractivity contribution in [2.75, 3.05) is 0 Å². The minimum atomic E-state index is 0.572. The normalized spacial score (nSPS) is 32.6. The van der Waals surface area contributed by atoms with Crippen molar-refractivity contribution in [2.24, 2.45) is 5.41 Å². The Kier molecular flexibility index (Phi) is 2.74. The van der Waals surface area contributed by atoms with Crippen LogP contribution >= 0.6 is 0 Å². The van der Waals surface area contributed by atoms with Gasteiger partial charge in [0.2, 0.25) is 0 Å². The largest absolute Gasteiger partial charge is 0.333 e. The Labute approximate surface area is 104 Å². The van der Waals surface area contributed by atoms with Crippen molar-refractivity contribution in [1.29, 1.82) is 0 Å². The summed E-state index contributed by atoms with van der Waals surface area (Å²) in [5.41, 5.74) is 0.572. The third-order valence-corrected chi connectivity index (χ3v) is 4.94. The Bertz CT molecular complexity index is 367. The molecule has 0 aliphatic heterocycles. The molecule has 3 heteroatoms. The number of nitrogens with zero attached hydrogens (tertiary/aromatic N) is 2. The molecule has 0 bridgehead atoms. The smallest absolute Gasteiger partial charge is 0.0949 e. The Morgan fingerprint density at radius 2 is 2.24 bits per heavy atom. The van der Waals surface area contributed by atoms with Crippen LogP contribution in [0.25, 0.3) is 0 Å². The number of imidazole rings is 1. The van der Waals surface area contributed by atoms with Crippen LogP contribution in [0.4, 0.5) is 0 Å². The molecular weight excluding hydrogens is 210 g/mol. The highest BCUT2D eigenvalue weighted by Crippen LogP contribution is 2.48. The van der Waals surface area contributed by atoms with Gasteiger partial charge in [0.15, 0.2) is 0 Å². The highest BCUT2D eigenvalue weighted by Gasteiger charge is 2.44. The zero-order chi connectivity index (χ0) is 11.9. The van der Waals surface area contributed by atoms with E-state index < -0.39 is 0 Å². The molecule has 0 spiro atoms. The van der Waals surface area contributed by atoms with Gasteiger partial charge in [-0.05, 0) is 44.4 Å². The summed E-state index contributed by atoms with van der Waals surface area (Å²) in [6, 6.07) is 1.90. The molecule has 3 rings (SSSR count). The van der Waals surface area contributed by atoms with Crippen LogP contribution in [0.1, 0.15) is 52.0 Å². The Balaban J connectivity index is 1.66. The molecule has 3 atom stereocenters. The van der Waals surface area contributed by atoms with Gasteiger partial charge in [-0.15, -0.1) is 0 Å². The molecule has 1 heterocycles. The molecule has 1 N–H and O–H groups in total. The molecule has 2 aliphatic rings. The third-order valence-electron chi connectivity index (χ3n) is 4.94. The highest BCUT2D eigenvalue weighted by molar-refractivity contribution is 5.00. The molecule has 1 aromatic rings. The maximum Gasteiger partial charge on any atom is 0.0949 e. The fourth-order valence-electron chi connectivity index (χ4n) is 3.11. The maximum atomic E-state index is 4.18. The molecule has 0 saturated heterocycles. The molecule has 0 aromatic carbocycles.